The van der Waals surface area contributed by atoms with E-state index in [0.29, 0.717) is 27.9 Å². The average molecular weight is 474 g/mol. The first-order valence-electron chi connectivity index (χ1n) is 11.2. The zero-order chi connectivity index (χ0) is 24.6. The van der Waals surface area contributed by atoms with Crippen molar-refractivity contribution in [3.8, 4) is 11.1 Å². The molecular weight excluding hydrogens is 446 g/mol. The van der Waals surface area contributed by atoms with Gasteiger partial charge in [0.2, 0.25) is 5.91 Å². The third-order valence-electron chi connectivity index (χ3n) is 6.17. The molecule has 4 rings (SSSR count). The number of anilines is 1. The van der Waals surface area contributed by atoms with Gasteiger partial charge in [0, 0.05) is 21.7 Å². The molecule has 0 bridgehead atoms. The van der Waals surface area contributed by atoms with E-state index in [9.17, 15) is 14.4 Å². The average Bonchev–Trinajstić information content (AvgIpc) is 3.14. The molecule has 0 spiro atoms. The van der Waals surface area contributed by atoms with E-state index in [1.807, 2.05) is 19.9 Å². The van der Waals surface area contributed by atoms with Gasteiger partial charge in [0.1, 0.15) is 10.9 Å². The number of hydrogen-bond acceptors (Lipinski definition) is 5. The molecule has 2 aromatic heterocycles. The second-order valence-corrected chi connectivity index (χ2v) is 9.72. The maximum atomic E-state index is 13.7. The Hall–Kier alpha value is -3.58. The molecule has 0 aliphatic rings. The van der Waals surface area contributed by atoms with Crippen LogP contribution in [0.4, 0.5) is 5.69 Å². The molecule has 34 heavy (non-hydrogen) atoms. The molecule has 0 fully saturated rings. The number of nitrogens with zero attached hydrogens (tertiary/aromatic N) is 2. The van der Waals surface area contributed by atoms with Crippen molar-refractivity contribution in [3.05, 3.63) is 80.7 Å². The Morgan fingerprint density at radius 2 is 1.85 bits per heavy atom. The summed E-state index contributed by atoms with van der Waals surface area (Å²) in [6.07, 6.45) is 1.87. The number of amides is 1. The highest BCUT2D eigenvalue weighted by Gasteiger charge is 2.24. The molecule has 1 amide bonds. The van der Waals surface area contributed by atoms with E-state index in [2.05, 4.69) is 36.3 Å². The molecule has 2 heterocycles. The zero-order valence-electron chi connectivity index (χ0n) is 19.9. The van der Waals surface area contributed by atoms with Gasteiger partial charge in [-0.05, 0) is 62.9 Å². The molecule has 1 N–H and O–H groups in total. The largest absolute Gasteiger partial charge is 0.324 e. The summed E-state index contributed by atoms with van der Waals surface area (Å²) >= 11 is 1.48. The molecule has 4 aromatic rings. The van der Waals surface area contributed by atoms with Gasteiger partial charge in [0.05, 0.1) is 11.7 Å². The van der Waals surface area contributed by atoms with Crippen molar-refractivity contribution < 1.29 is 9.59 Å². The predicted octanol–water partition coefficient (Wildman–Crippen LogP) is 5.84. The summed E-state index contributed by atoms with van der Waals surface area (Å²) in [6.45, 7) is 9.44. The van der Waals surface area contributed by atoms with Gasteiger partial charge in [-0.3, -0.25) is 19.0 Å². The Morgan fingerprint density at radius 3 is 2.53 bits per heavy atom. The highest BCUT2D eigenvalue weighted by atomic mass is 32.1. The summed E-state index contributed by atoms with van der Waals surface area (Å²) < 4.78 is 1.42. The van der Waals surface area contributed by atoms with Gasteiger partial charge >= 0.3 is 0 Å². The van der Waals surface area contributed by atoms with Crippen molar-refractivity contribution >= 4 is 38.9 Å². The molecule has 0 aliphatic heterocycles. The number of benzene rings is 2. The number of nitrogens with one attached hydrogen (secondary N) is 1. The van der Waals surface area contributed by atoms with Crippen LogP contribution in [0.5, 0.6) is 0 Å². The summed E-state index contributed by atoms with van der Waals surface area (Å²) in [5.41, 5.74) is 4.98. The van der Waals surface area contributed by atoms with Gasteiger partial charge in [-0.2, -0.15) is 0 Å². The van der Waals surface area contributed by atoms with E-state index in [1.165, 1.54) is 34.7 Å². The smallest absolute Gasteiger partial charge is 0.263 e. The van der Waals surface area contributed by atoms with Gasteiger partial charge in [-0.1, -0.05) is 37.3 Å². The number of aryl methyl sites for hydroxylation is 3. The van der Waals surface area contributed by atoms with Crippen LogP contribution in [0.3, 0.4) is 0 Å². The van der Waals surface area contributed by atoms with Crippen LogP contribution in [0.2, 0.25) is 0 Å². The van der Waals surface area contributed by atoms with Gasteiger partial charge in [0.25, 0.3) is 5.56 Å². The van der Waals surface area contributed by atoms with E-state index < -0.39 is 6.04 Å². The lowest BCUT2D eigenvalue weighted by atomic mass is 9.99. The normalized spacial score (nSPS) is 12.0. The van der Waals surface area contributed by atoms with E-state index in [-0.39, 0.29) is 17.2 Å². The molecule has 0 saturated heterocycles. The maximum absolute atomic E-state index is 13.7. The fourth-order valence-electron chi connectivity index (χ4n) is 4.13. The Morgan fingerprint density at radius 1 is 1.09 bits per heavy atom. The summed E-state index contributed by atoms with van der Waals surface area (Å²) in [5, 5.41) is 3.39. The second-order valence-electron chi connectivity index (χ2n) is 8.52. The van der Waals surface area contributed by atoms with Crippen LogP contribution in [-0.2, 0) is 4.79 Å². The Bertz CT molecular complexity index is 1480. The number of aromatic nitrogens is 2. The lowest BCUT2D eigenvalue weighted by molar-refractivity contribution is -0.119. The van der Waals surface area contributed by atoms with Crippen molar-refractivity contribution in [1.82, 2.24) is 9.55 Å². The first-order valence-corrected chi connectivity index (χ1v) is 12.0. The molecule has 174 valence electrons. The quantitative estimate of drug-likeness (QED) is 0.357. The minimum atomic E-state index is -0.738. The minimum absolute atomic E-state index is 0.0827. The zero-order valence-corrected chi connectivity index (χ0v) is 20.7. The first-order chi connectivity index (χ1) is 16.2. The van der Waals surface area contributed by atoms with Crippen molar-refractivity contribution in [3.63, 3.8) is 0 Å². The van der Waals surface area contributed by atoms with Crippen LogP contribution in [0.25, 0.3) is 21.3 Å². The van der Waals surface area contributed by atoms with Gasteiger partial charge < -0.3 is 5.32 Å². The van der Waals surface area contributed by atoms with E-state index >= 15 is 0 Å². The number of carbonyl (C=O) groups is 2. The Kier molecular flexibility index (Phi) is 6.48. The van der Waals surface area contributed by atoms with Crippen LogP contribution in [-0.4, -0.2) is 21.2 Å². The summed E-state index contributed by atoms with van der Waals surface area (Å²) in [6, 6.07) is 12.2. The SMILES string of the molecule is CCC(C(=O)Nc1cccc(C(C)=O)c1)n1cnc2sc(C)c(-c3ccc(C)c(C)c3)c2c1=O. The summed E-state index contributed by atoms with van der Waals surface area (Å²) in [7, 11) is 0. The maximum Gasteiger partial charge on any atom is 0.263 e. The molecule has 2 aromatic carbocycles. The lowest BCUT2D eigenvalue weighted by Crippen LogP contribution is -2.33. The molecule has 6 nitrogen and oxygen atoms in total. The van der Waals surface area contributed by atoms with Crippen LogP contribution in [0.1, 0.15) is 52.7 Å². The first kappa shape index (κ1) is 23.6. The van der Waals surface area contributed by atoms with Crippen molar-refractivity contribution in [2.24, 2.45) is 0 Å². The van der Waals surface area contributed by atoms with Crippen LogP contribution in [0.15, 0.2) is 53.6 Å². The molecule has 1 atom stereocenters. The number of carbonyl (C=O) groups excluding carboxylic acids is 2. The van der Waals surface area contributed by atoms with Gasteiger partial charge in [-0.25, -0.2) is 4.98 Å². The van der Waals surface area contributed by atoms with Crippen molar-refractivity contribution in [2.75, 3.05) is 5.32 Å². The standard InChI is InChI=1S/C27H27N3O3S/c1-6-22(25(32)29-21-9-7-8-19(13-21)17(4)31)30-14-28-26-24(27(30)33)23(18(5)34-26)20-11-10-15(2)16(3)12-20/h7-14,22H,6H2,1-5H3,(H,29,32). The summed E-state index contributed by atoms with van der Waals surface area (Å²) in [5.74, 6) is -0.410. The Balaban J connectivity index is 1.77. The number of rotatable bonds is 6. The molecule has 0 saturated carbocycles. The van der Waals surface area contributed by atoms with Gasteiger partial charge in [0.15, 0.2) is 5.78 Å². The lowest BCUT2D eigenvalue weighted by Gasteiger charge is -2.18. The van der Waals surface area contributed by atoms with E-state index in [1.54, 1.807) is 24.3 Å². The van der Waals surface area contributed by atoms with Crippen molar-refractivity contribution in [1.29, 1.82) is 0 Å². The van der Waals surface area contributed by atoms with Gasteiger partial charge in [-0.15, -0.1) is 11.3 Å². The third kappa shape index (κ3) is 4.31. The number of Topliss-reactive ketones (excluding diaryl/α,β-unsaturated/α-hetero) is 1. The molecule has 0 aliphatic carbocycles. The number of thiophene rings is 1. The molecular formula is C27H27N3O3S. The summed E-state index contributed by atoms with van der Waals surface area (Å²) in [4.78, 5) is 44.8. The fourth-order valence-corrected chi connectivity index (χ4v) is 5.14. The highest BCUT2D eigenvalue weighted by Crippen LogP contribution is 2.36. The number of ketones is 1. The number of fused-ring (bicyclic) bond motifs is 1. The highest BCUT2D eigenvalue weighted by molar-refractivity contribution is 7.19. The van der Waals surface area contributed by atoms with E-state index in [4.69, 9.17) is 0 Å². The van der Waals surface area contributed by atoms with E-state index in [0.717, 1.165) is 21.6 Å². The van der Waals surface area contributed by atoms with Crippen LogP contribution in [0, 0.1) is 20.8 Å². The van der Waals surface area contributed by atoms with Crippen LogP contribution >= 0.6 is 11.3 Å². The molecule has 7 heteroatoms. The molecule has 0 radical (unpaired) electrons. The third-order valence-corrected chi connectivity index (χ3v) is 7.18. The minimum Gasteiger partial charge on any atom is -0.324 e. The fraction of sp³-hybridized carbons (Fsp3) is 0.259. The number of hydrogen-bond donors (Lipinski definition) is 1. The molecule has 1 unspecified atom stereocenters. The second kappa shape index (κ2) is 9.35. The monoisotopic (exact) mass is 473 g/mol. The predicted molar refractivity (Wildman–Crippen MR) is 138 cm³/mol. The van der Waals surface area contributed by atoms with Crippen LogP contribution < -0.4 is 10.9 Å². The van der Waals surface area contributed by atoms with Crippen molar-refractivity contribution in [2.45, 2.75) is 47.1 Å². The topological polar surface area (TPSA) is 81.1 Å². The Labute approximate surface area is 202 Å².